The third-order valence-electron chi connectivity index (χ3n) is 5.08. The van der Waals surface area contributed by atoms with Crippen molar-refractivity contribution in [1.29, 1.82) is 0 Å². The molecule has 5 rings (SSSR count). The third-order valence-corrected chi connectivity index (χ3v) is 6.15. The number of carbonyl (C=O) groups excluding carboxylic acids is 1. The minimum Gasteiger partial charge on any atom is -0.373 e. The summed E-state index contributed by atoms with van der Waals surface area (Å²) >= 11 is 1.69. The number of hydrogen-bond donors (Lipinski definition) is 2. The van der Waals surface area contributed by atoms with Crippen LogP contribution in [0.2, 0.25) is 0 Å². The van der Waals surface area contributed by atoms with Crippen LogP contribution in [0.25, 0.3) is 21.0 Å². The summed E-state index contributed by atoms with van der Waals surface area (Å²) in [5, 5.41) is 7.77. The molecule has 0 saturated heterocycles. The molecule has 6 nitrogen and oxygen atoms in total. The molecule has 0 bridgehead atoms. The zero-order valence-corrected chi connectivity index (χ0v) is 17.4. The molecular weight excluding hydrogens is 394 g/mol. The van der Waals surface area contributed by atoms with Gasteiger partial charge in [-0.05, 0) is 38.0 Å². The summed E-state index contributed by atoms with van der Waals surface area (Å²) in [6.07, 6.45) is 7.17. The SMILES string of the molecule is CNc1ncc(C#Cc2ccnc3cc(C)sc23)c2cc(NC(=O)C3CC3)ncc12. The number of hydrogen-bond acceptors (Lipinski definition) is 6. The number of aryl methyl sites for hydroxylation is 1. The molecule has 1 saturated carbocycles. The van der Waals surface area contributed by atoms with E-state index < -0.39 is 0 Å². The van der Waals surface area contributed by atoms with Crippen LogP contribution in [0, 0.1) is 24.7 Å². The number of fused-ring (bicyclic) bond motifs is 2. The fourth-order valence-corrected chi connectivity index (χ4v) is 4.30. The molecule has 30 heavy (non-hydrogen) atoms. The van der Waals surface area contributed by atoms with Gasteiger partial charge in [-0.2, -0.15) is 0 Å². The smallest absolute Gasteiger partial charge is 0.228 e. The molecule has 1 aliphatic rings. The quantitative estimate of drug-likeness (QED) is 0.489. The Morgan fingerprint density at radius 2 is 1.93 bits per heavy atom. The number of nitrogens with zero attached hydrogens (tertiary/aromatic N) is 3. The first-order chi connectivity index (χ1) is 14.6. The second-order valence-electron chi connectivity index (χ2n) is 7.33. The van der Waals surface area contributed by atoms with Crippen molar-refractivity contribution < 1.29 is 4.79 Å². The van der Waals surface area contributed by atoms with E-state index >= 15 is 0 Å². The van der Waals surface area contributed by atoms with Crippen LogP contribution in [-0.4, -0.2) is 27.9 Å². The van der Waals surface area contributed by atoms with Crippen LogP contribution in [0.5, 0.6) is 0 Å². The Morgan fingerprint density at radius 3 is 2.73 bits per heavy atom. The Labute approximate surface area is 177 Å². The highest BCUT2D eigenvalue weighted by Crippen LogP contribution is 2.31. The molecule has 0 aromatic carbocycles. The van der Waals surface area contributed by atoms with Crippen molar-refractivity contribution >= 4 is 49.9 Å². The lowest BCUT2D eigenvalue weighted by Crippen LogP contribution is -2.14. The van der Waals surface area contributed by atoms with Gasteiger partial charge in [0.15, 0.2) is 0 Å². The maximum absolute atomic E-state index is 12.1. The molecule has 0 aliphatic heterocycles. The van der Waals surface area contributed by atoms with E-state index in [-0.39, 0.29) is 11.8 Å². The average Bonchev–Trinajstić information content (AvgIpc) is 3.53. The maximum Gasteiger partial charge on any atom is 0.228 e. The van der Waals surface area contributed by atoms with E-state index in [1.165, 1.54) is 4.88 Å². The lowest BCUT2D eigenvalue weighted by atomic mass is 10.1. The van der Waals surface area contributed by atoms with Crippen molar-refractivity contribution in [3.63, 3.8) is 0 Å². The van der Waals surface area contributed by atoms with E-state index in [1.807, 2.05) is 19.2 Å². The summed E-state index contributed by atoms with van der Waals surface area (Å²) in [5.74, 6) is 7.97. The van der Waals surface area contributed by atoms with Crippen molar-refractivity contribution in [1.82, 2.24) is 15.0 Å². The lowest BCUT2D eigenvalue weighted by Gasteiger charge is -2.09. The van der Waals surface area contributed by atoms with Crippen molar-refractivity contribution in [2.75, 3.05) is 17.7 Å². The molecule has 0 unspecified atom stereocenters. The standard InChI is InChI=1S/C23H19N5OS/c1-13-9-19-21(30-13)14(7-8-25-19)3-6-16-11-27-22(24-2)18-12-26-20(10-17(16)18)28-23(29)15-4-5-15/h7-12,15H,4-5H2,1-2H3,(H,24,27)(H,26,28,29). The molecular formula is C23H19N5OS. The van der Waals surface area contributed by atoms with Gasteiger partial charge in [0, 0.05) is 52.8 Å². The monoisotopic (exact) mass is 413 g/mol. The number of aromatic nitrogens is 3. The first-order valence-corrected chi connectivity index (χ1v) is 10.6. The summed E-state index contributed by atoms with van der Waals surface area (Å²) in [6.45, 7) is 2.07. The van der Waals surface area contributed by atoms with Gasteiger partial charge in [-0.25, -0.2) is 9.97 Å². The van der Waals surface area contributed by atoms with E-state index in [1.54, 1.807) is 29.9 Å². The summed E-state index contributed by atoms with van der Waals surface area (Å²) in [7, 11) is 1.82. The fourth-order valence-electron chi connectivity index (χ4n) is 3.37. The molecule has 4 aromatic heterocycles. The molecule has 7 heteroatoms. The molecule has 4 aromatic rings. The van der Waals surface area contributed by atoms with Crippen LogP contribution in [0.1, 0.15) is 28.8 Å². The Balaban J connectivity index is 1.59. The van der Waals surface area contributed by atoms with Crippen molar-refractivity contribution in [3.05, 3.63) is 52.8 Å². The molecule has 1 fully saturated rings. The zero-order valence-electron chi connectivity index (χ0n) is 16.6. The summed E-state index contributed by atoms with van der Waals surface area (Å²) in [5.41, 5.74) is 2.69. The minimum absolute atomic E-state index is 0.0321. The highest BCUT2D eigenvalue weighted by atomic mass is 32.1. The van der Waals surface area contributed by atoms with E-state index in [0.717, 1.165) is 50.8 Å². The molecule has 0 atom stereocenters. The average molecular weight is 414 g/mol. The predicted octanol–water partition coefficient (Wildman–Crippen LogP) is 4.34. The second-order valence-corrected chi connectivity index (χ2v) is 8.59. The second kappa shape index (κ2) is 7.39. The van der Waals surface area contributed by atoms with Crippen LogP contribution < -0.4 is 10.6 Å². The van der Waals surface area contributed by atoms with Gasteiger partial charge >= 0.3 is 0 Å². The van der Waals surface area contributed by atoms with Crippen LogP contribution in [-0.2, 0) is 4.79 Å². The molecule has 1 amide bonds. The van der Waals surface area contributed by atoms with Gasteiger partial charge < -0.3 is 10.6 Å². The fraction of sp³-hybridized carbons (Fsp3) is 0.217. The van der Waals surface area contributed by atoms with Crippen LogP contribution in [0.15, 0.2) is 36.8 Å². The number of nitrogens with one attached hydrogen (secondary N) is 2. The van der Waals surface area contributed by atoms with Gasteiger partial charge in [-0.1, -0.05) is 11.8 Å². The van der Waals surface area contributed by atoms with E-state index in [9.17, 15) is 4.79 Å². The third kappa shape index (κ3) is 3.46. The van der Waals surface area contributed by atoms with Gasteiger partial charge in [0.1, 0.15) is 11.6 Å². The molecule has 4 heterocycles. The largest absolute Gasteiger partial charge is 0.373 e. The predicted molar refractivity (Wildman–Crippen MR) is 121 cm³/mol. The van der Waals surface area contributed by atoms with Crippen LogP contribution >= 0.6 is 11.3 Å². The normalized spacial score (nSPS) is 13.1. The van der Waals surface area contributed by atoms with E-state index in [2.05, 4.69) is 50.4 Å². The van der Waals surface area contributed by atoms with Gasteiger partial charge in [-0.3, -0.25) is 9.78 Å². The van der Waals surface area contributed by atoms with Gasteiger partial charge in [0.05, 0.1) is 15.8 Å². The number of pyridine rings is 3. The Kier molecular flexibility index (Phi) is 4.57. The summed E-state index contributed by atoms with van der Waals surface area (Å²) in [4.78, 5) is 26.7. The zero-order chi connectivity index (χ0) is 20.7. The van der Waals surface area contributed by atoms with Crippen molar-refractivity contribution in [2.24, 2.45) is 5.92 Å². The highest BCUT2D eigenvalue weighted by molar-refractivity contribution is 7.19. The van der Waals surface area contributed by atoms with Crippen LogP contribution in [0.4, 0.5) is 11.6 Å². The number of thiophene rings is 1. The molecule has 1 aliphatic carbocycles. The van der Waals surface area contributed by atoms with Crippen LogP contribution in [0.3, 0.4) is 0 Å². The van der Waals surface area contributed by atoms with Crippen molar-refractivity contribution in [3.8, 4) is 11.8 Å². The Bertz CT molecular complexity index is 1360. The molecule has 2 N–H and O–H groups in total. The highest BCUT2D eigenvalue weighted by Gasteiger charge is 2.29. The Hall–Kier alpha value is -3.50. The van der Waals surface area contributed by atoms with E-state index in [0.29, 0.717) is 5.82 Å². The summed E-state index contributed by atoms with van der Waals surface area (Å²) in [6, 6.07) is 5.88. The summed E-state index contributed by atoms with van der Waals surface area (Å²) < 4.78 is 1.09. The molecule has 0 radical (unpaired) electrons. The number of rotatable bonds is 3. The van der Waals surface area contributed by atoms with Gasteiger partial charge in [-0.15, -0.1) is 11.3 Å². The number of carbonyl (C=O) groups is 1. The topological polar surface area (TPSA) is 79.8 Å². The maximum atomic E-state index is 12.1. The Morgan fingerprint density at radius 1 is 1.10 bits per heavy atom. The number of amides is 1. The lowest BCUT2D eigenvalue weighted by molar-refractivity contribution is -0.117. The molecule has 0 spiro atoms. The van der Waals surface area contributed by atoms with E-state index in [4.69, 9.17) is 0 Å². The number of anilines is 2. The van der Waals surface area contributed by atoms with Gasteiger partial charge in [0.2, 0.25) is 5.91 Å². The minimum atomic E-state index is 0.0321. The molecule has 148 valence electrons. The van der Waals surface area contributed by atoms with Gasteiger partial charge in [0.25, 0.3) is 0 Å². The first-order valence-electron chi connectivity index (χ1n) is 9.77. The van der Waals surface area contributed by atoms with Crippen molar-refractivity contribution in [2.45, 2.75) is 19.8 Å². The first kappa shape index (κ1) is 18.5.